The van der Waals surface area contributed by atoms with E-state index in [2.05, 4.69) is 0 Å². The lowest BCUT2D eigenvalue weighted by Gasteiger charge is -2.34. The zero-order chi connectivity index (χ0) is 13.3. The molecule has 0 aromatic rings. The van der Waals surface area contributed by atoms with E-state index in [-0.39, 0.29) is 16.0 Å². The van der Waals surface area contributed by atoms with Crippen LogP contribution in [-0.4, -0.2) is 19.1 Å². The molecular weight excluding hydrogens is 384 g/mol. The highest BCUT2D eigenvalue weighted by Crippen LogP contribution is 2.83. The van der Waals surface area contributed by atoms with Crippen molar-refractivity contribution in [2.24, 2.45) is 11.8 Å². The molecule has 1 heterocycles. The first-order valence-electron chi connectivity index (χ1n) is 5.05. The molecule has 8 heteroatoms. The van der Waals surface area contributed by atoms with E-state index < -0.39 is 25.1 Å². The van der Waals surface area contributed by atoms with Crippen LogP contribution in [-0.2, 0) is 4.74 Å². The minimum Gasteiger partial charge on any atom is -0.463 e. The van der Waals surface area contributed by atoms with E-state index in [4.69, 9.17) is 85.9 Å². The van der Waals surface area contributed by atoms with Crippen molar-refractivity contribution in [3.05, 3.63) is 21.9 Å². The molecular formula is C10H3Cl7O. The summed E-state index contributed by atoms with van der Waals surface area (Å²) in [6.45, 7) is 0. The molecule has 1 saturated carbocycles. The van der Waals surface area contributed by atoms with Crippen molar-refractivity contribution < 1.29 is 4.74 Å². The highest BCUT2D eigenvalue weighted by Gasteiger charge is 2.89. The Morgan fingerprint density at radius 3 is 2.11 bits per heavy atom. The van der Waals surface area contributed by atoms with E-state index >= 15 is 0 Å². The first-order valence-corrected chi connectivity index (χ1v) is 7.70. The summed E-state index contributed by atoms with van der Waals surface area (Å²) >= 11 is 44.8. The maximum Gasteiger partial charge on any atom is 0.244 e. The molecule has 4 rings (SSSR count). The highest BCUT2D eigenvalue weighted by molar-refractivity contribution is 6.66. The Morgan fingerprint density at radius 2 is 1.50 bits per heavy atom. The van der Waals surface area contributed by atoms with Crippen LogP contribution in [0.3, 0.4) is 0 Å². The number of ether oxygens (including phenoxy) is 1. The van der Waals surface area contributed by atoms with E-state index in [9.17, 15) is 0 Å². The average Bonchev–Trinajstić information content (AvgIpc) is 2.77. The molecule has 5 unspecified atom stereocenters. The van der Waals surface area contributed by atoms with Gasteiger partial charge in [0.15, 0.2) is 10.1 Å². The number of halogens is 7. The average molecular weight is 387 g/mol. The minimum absolute atomic E-state index is 0.150. The van der Waals surface area contributed by atoms with Crippen LogP contribution >= 0.6 is 81.2 Å². The standard InChI is InChI=1S/C10H3Cl7O/c11-5-6(12)8(14)4-2(1-3-9(4,15)18-3)7(5,13)10(8,16)17/h1-2,4H. The van der Waals surface area contributed by atoms with Crippen molar-refractivity contribution in [2.45, 2.75) is 19.1 Å². The van der Waals surface area contributed by atoms with Crippen molar-refractivity contribution in [3.8, 4) is 0 Å². The summed E-state index contributed by atoms with van der Waals surface area (Å²) < 4.78 is 3.78. The molecule has 0 aromatic carbocycles. The molecule has 1 aliphatic heterocycles. The summed E-state index contributed by atoms with van der Waals surface area (Å²) in [5, 5.41) is -0.668. The molecule has 1 nitrogen and oxygen atoms in total. The zero-order valence-electron chi connectivity index (χ0n) is 8.29. The van der Waals surface area contributed by atoms with Crippen molar-refractivity contribution in [1.82, 2.24) is 0 Å². The smallest absolute Gasteiger partial charge is 0.244 e. The molecule has 2 bridgehead atoms. The van der Waals surface area contributed by atoms with Gasteiger partial charge >= 0.3 is 0 Å². The van der Waals surface area contributed by atoms with E-state index in [0.29, 0.717) is 5.76 Å². The second kappa shape index (κ2) is 3.06. The van der Waals surface area contributed by atoms with Gasteiger partial charge in [0.2, 0.25) is 5.06 Å². The topological polar surface area (TPSA) is 12.5 Å². The Labute approximate surface area is 138 Å². The van der Waals surface area contributed by atoms with Crippen molar-refractivity contribution in [3.63, 3.8) is 0 Å². The summed E-state index contributed by atoms with van der Waals surface area (Å²) in [4.78, 5) is -2.62. The van der Waals surface area contributed by atoms with Gasteiger partial charge in [0.05, 0.1) is 16.0 Å². The lowest BCUT2D eigenvalue weighted by Crippen LogP contribution is -2.46. The predicted octanol–water partition coefficient (Wildman–Crippen LogP) is 4.93. The minimum atomic E-state index is -1.55. The number of allylic oxidation sites excluding steroid dienone is 3. The largest absolute Gasteiger partial charge is 0.463 e. The van der Waals surface area contributed by atoms with Crippen LogP contribution in [0.15, 0.2) is 21.9 Å². The Morgan fingerprint density at radius 1 is 0.944 bits per heavy atom. The predicted molar refractivity (Wildman–Crippen MR) is 75.1 cm³/mol. The van der Waals surface area contributed by atoms with Crippen LogP contribution in [0.5, 0.6) is 0 Å². The number of rotatable bonds is 0. The fourth-order valence-electron chi connectivity index (χ4n) is 3.38. The Hall–Kier alpha value is 1.31. The number of epoxide rings is 1. The first-order chi connectivity index (χ1) is 8.13. The maximum atomic E-state index is 6.62. The molecule has 0 aromatic heterocycles. The fourth-order valence-corrected chi connectivity index (χ4v) is 6.88. The molecule has 18 heavy (non-hydrogen) atoms. The Kier molecular flexibility index (Phi) is 2.21. The Bertz CT molecular complexity index is 569. The molecule has 3 aliphatic carbocycles. The maximum absolute atomic E-state index is 6.62. The van der Waals surface area contributed by atoms with Crippen molar-refractivity contribution in [2.75, 3.05) is 0 Å². The molecule has 0 spiro atoms. The summed E-state index contributed by atoms with van der Waals surface area (Å²) in [6, 6.07) is 0. The van der Waals surface area contributed by atoms with E-state index in [1.165, 1.54) is 0 Å². The summed E-state index contributed by atoms with van der Waals surface area (Å²) in [5.74, 6) is -0.109. The quantitative estimate of drug-likeness (QED) is 0.424. The van der Waals surface area contributed by atoms with Crippen molar-refractivity contribution in [1.29, 1.82) is 0 Å². The van der Waals surface area contributed by atoms with Gasteiger partial charge in [0.25, 0.3) is 0 Å². The first kappa shape index (κ1) is 13.0. The number of hydrogen-bond acceptors (Lipinski definition) is 1. The molecule has 0 radical (unpaired) electrons. The summed E-state index contributed by atoms with van der Waals surface area (Å²) in [5.41, 5.74) is 0. The van der Waals surface area contributed by atoms with Crippen LogP contribution in [0.1, 0.15) is 0 Å². The number of hydrogen-bond donors (Lipinski definition) is 0. The SMILES string of the molecule is ClC1=C(Cl)C2(Cl)C3C(C=C4OC43Cl)C1(Cl)C2(Cl)Cl. The monoisotopic (exact) mass is 384 g/mol. The fraction of sp³-hybridized carbons (Fsp3) is 0.600. The van der Waals surface area contributed by atoms with E-state index in [1.54, 1.807) is 6.08 Å². The van der Waals surface area contributed by atoms with Gasteiger partial charge in [0.1, 0.15) is 9.75 Å². The zero-order valence-corrected chi connectivity index (χ0v) is 13.6. The van der Waals surface area contributed by atoms with Gasteiger partial charge < -0.3 is 4.74 Å². The van der Waals surface area contributed by atoms with Crippen LogP contribution in [0.25, 0.3) is 0 Å². The van der Waals surface area contributed by atoms with E-state index in [0.717, 1.165) is 0 Å². The van der Waals surface area contributed by atoms with Gasteiger partial charge in [-0.25, -0.2) is 0 Å². The third-order valence-corrected chi connectivity index (χ3v) is 9.05. The molecule has 98 valence electrons. The second-order valence-electron chi connectivity index (χ2n) is 4.91. The molecule has 0 N–H and O–H groups in total. The van der Waals surface area contributed by atoms with Crippen molar-refractivity contribution >= 4 is 81.2 Å². The molecule has 4 aliphatic rings. The molecule has 0 amide bonds. The van der Waals surface area contributed by atoms with Crippen LogP contribution < -0.4 is 0 Å². The number of fused-ring (bicyclic) bond motifs is 7. The highest BCUT2D eigenvalue weighted by atomic mass is 35.5. The lowest BCUT2D eigenvalue weighted by molar-refractivity contribution is 0.236. The second-order valence-corrected chi connectivity index (χ2v) is 8.74. The molecule has 2 fully saturated rings. The number of alkyl halides is 5. The lowest BCUT2D eigenvalue weighted by atomic mass is 9.83. The van der Waals surface area contributed by atoms with Crippen LogP contribution in [0.2, 0.25) is 0 Å². The van der Waals surface area contributed by atoms with Gasteiger partial charge in [-0.1, -0.05) is 58.0 Å². The van der Waals surface area contributed by atoms with Gasteiger partial charge in [-0.3, -0.25) is 0 Å². The normalized spacial score (nSPS) is 58.3. The summed E-state index contributed by atoms with van der Waals surface area (Å²) in [7, 11) is 0. The van der Waals surface area contributed by atoms with Gasteiger partial charge in [-0.05, 0) is 6.08 Å². The third-order valence-electron chi connectivity index (χ3n) is 4.28. The van der Waals surface area contributed by atoms with Gasteiger partial charge in [-0.15, -0.1) is 23.2 Å². The van der Waals surface area contributed by atoms with E-state index in [1.807, 2.05) is 0 Å². The van der Waals surface area contributed by atoms with Gasteiger partial charge in [-0.2, -0.15) is 0 Å². The third kappa shape index (κ3) is 0.931. The molecule has 5 atom stereocenters. The molecule has 1 saturated heterocycles. The van der Waals surface area contributed by atoms with Crippen LogP contribution in [0.4, 0.5) is 0 Å². The summed E-state index contributed by atoms with van der Waals surface area (Å²) in [6.07, 6.45) is 1.79. The van der Waals surface area contributed by atoms with Crippen LogP contribution in [0, 0.1) is 11.8 Å². The Balaban J connectivity index is 2.05. The van der Waals surface area contributed by atoms with Gasteiger partial charge in [0, 0.05) is 5.92 Å².